The molecule has 7 nitrogen and oxygen atoms in total. The molecule has 0 aromatic rings. The van der Waals surface area contributed by atoms with Gasteiger partial charge in [0.15, 0.2) is 0 Å². The van der Waals surface area contributed by atoms with Crippen LogP contribution in [0.2, 0.25) is 0 Å². The number of carbonyl (C=O) groups is 1. The van der Waals surface area contributed by atoms with Gasteiger partial charge in [-0.05, 0) is 44.9 Å². The summed E-state index contributed by atoms with van der Waals surface area (Å²) in [6.07, 6.45) is 17.6. The standard InChI is InChI=1S/C19H36N4O3S/c1-2-3-13-16-20-19(24)21-17-14-11-9-7-5-4-6-8-10-12-15-18-22-26-27(25)23-18/h5,7H,2-4,6,8-17H2,1H3,(H,22,23)(H2,20,21,24). The number of hydrogen-bond donors (Lipinski definition) is 3. The lowest BCUT2D eigenvalue weighted by atomic mass is 10.1. The lowest BCUT2D eigenvalue weighted by Crippen LogP contribution is -2.36. The van der Waals surface area contributed by atoms with Crippen molar-refractivity contribution in [2.45, 2.75) is 84.0 Å². The molecule has 0 fully saturated rings. The Morgan fingerprint density at radius 3 is 2.26 bits per heavy atom. The van der Waals surface area contributed by atoms with Gasteiger partial charge in [-0.15, -0.1) is 4.40 Å². The summed E-state index contributed by atoms with van der Waals surface area (Å²) in [5.74, 6) is 0.691. The second-order valence-corrected chi connectivity index (χ2v) is 7.53. The Hall–Kier alpha value is -1.41. The van der Waals surface area contributed by atoms with E-state index in [0.29, 0.717) is 5.84 Å². The van der Waals surface area contributed by atoms with Crippen LogP contribution in [0.4, 0.5) is 4.79 Å². The van der Waals surface area contributed by atoms with E-state index in [0.717, 1.165) is 64.5 Å². The minimum Gasteiger partial charge on any atom is -0.338 e. The molecule has 0 saturated heterocycles. The normalized spacial score (nSPS) is 16.3. The van der Waals surface area contributed by atoms with Crippen LogP contribution >= 0.6 is 0 Å². The van der Waals surface area contributed by atoms with Gasteiger partial charge in [0.2, 0.25) is 0 Å². The van der Waals surface area contributed by atoms with Gasteiger partial charge in [-0.1, -0.05) is 44.8 Å². The van der Waals surface area contributed by atoms with E-state index in [-0.39, 0.29) is 6.03 Å². The van der Waals surface area contributed by atoms with Gasteiger partial charge >= 0.3 is 17.3 Å². The van der Waals surface area contributed by atoms with E-state index in [4.69, 9.17) is 0 Å². The van der Waals surface area contributed by atoms with Crippen molar-refractivity contribution in [1.29, 1.82) is 0 Å². The fourth-order valence-electron chi connectivity index (χ4n) is 2.68. The predicted molar refractivity (Wildman–Crippen MR) is 111 cm³/mol. The van der Waals surface area contributed by atoms with Crippen molar-refractivity contribution in [1.82, 2.24) is 16.1 Å². The quantitative estimate of drug-likeness (QED) is 0.269. The second-order valence-electron chi connectivity index (χ2n) is 6.75. The van der Waals surface area contributed by atoms with Crippen molar-refractivity contribution in [2.75, 3.05) is 13.1 Å². The number of nitrogens with one attached hydrogen (secondary N) is 3. The first kappa shape index (κ1) is 23.6. The fraction of sp³-hybridized carbons (Fsp3) is 0.789. The number of nitrogens with zero attached hydrogens (tertiary/aromatic N) is 1. The van der Waals surface area contributed by atoms with Gasteiger partial charge in [-0.3, -0.25) is 0 Å². The number of amidine groups is 1. The van der Waals surface area contributed by atoms with Crippen molar-refractivity contribution < 1.29 is 13.3 Å². The number of hydroxylamine groups is 1. The molecule has 0 aliphatic carbocycles. The second kappa shape index (κ2) is 16.7. The Morgan fingerprint density at radius 2 is 1.63 bits per heavy atom. The molecule has 1 unspecified atom stereocenters. The number of urea groups is 1. The molecule has 1 rings (SSSR count). The van der Waals surface area contributed by atoms with Gasteiger partial charge in [-0.25, -0.2) is 14.5 Å². The molecule has 1 aliphatic rings. The topological polar surface area (TPSA) is 91.8 Å². The highest BCUT2D eigenvalue weighted by atomic mass is 32.2. The van der Waals surface area contributed by atoms with Crippen LogP contribution in [0.5, 0.6) is 0 Å². The average Bonchev–Trinajstić information content (AvgIpc) is 3.08. The van der Waals surface area contributed by atoms with Crippen molar-refractivity contribution in [2.24, 2.45) is 4.40 Å². The van der Waals surface area contributed by atoms with E-state index in [9.17, 15) is 9.00 Å². The number of carbonyl (C=O) groups excluding carboxylic acids is 1. The third-order valence-electron chi connectivity index (χ3n) is 4.27. The Balaban J connectivity index is 1.79. The summed E-state index contributed by atoms with van der Waals surface area (Å²) in [5.41, 5.74) is 2.58. The van der Waals surface area contributed by atoms with Crippen molar-refractivity contribution >= 4 is 23.1 Å². The Bertz CT molecular complexity index is 484. The molecule has 8 heteroatoms. The number of amides is 2. The van der Waals surface area contributed by atoms with Crippen LogP contribution in [0.1, 0.15) is 84.0 Å². The molecule has 0 radical (unpaired) electrons. The summed E-state index contributed by atoms with van der Waals surface area (Å²) < 4.78 is 19.3. The summed E-state index contributed by atoms with van der Waals surface area (Å²) in [6, 6.07) is -0.0433. The minimum absolute atomic E-state index is 0.0433. The maximum atomic E-state index is 11.5. The summed E-state index contributed by atoms with van der Waals surface area (Å²) in [6.45, 7) is 3.66. The van der Waals surface area contributed by atoms with Gasteiger partial charge in [0, 0.05) is 19.5 Å². The zero-order chi connectivity index (χ0) is 19.6. The first-order valence-corrected chi connectivity index (χ1v) is 11.3. The Labute approximate surface area is 166 Å². The SMILES string of the molecule is CCCCCNC(=O)NCCCCC=CCCCCCCC1=NS(=O)ON1. The largest absolute Gasteiger partial charge is 0.338 e. The highest BCUT2D eigenvalue weighted by molar-refractivity contribution is 7.79. The molecule has 1 atom stereocenters. The molecule has 27 heavy (non-hydrogen) atoms. The van der Waals surface area contributed by atoms with Crippen molar-refractivity contribution in [3.63, 3.8) is 0 Å². The van der Waals surface area contributed by atoms with Gasteiger partial charge < -0.3 is 10.6 Å². The molecule has 2 amide bonds. The first-order valence-electron chi connectivity index (χ1n) is 10.3. The number of rotatable bonds is 16. The van der Waals surface area contributed by atoms with Gasteiger partial charge in [-0.2, -0.15) is 4.28 Å². The Morgan fingerprint density at radius 1 is 1.00 bits per heavy atom. The lowest BCUT2D eigenvalue weighted by molar-refractivity contribution is 0.240. The van der Waals surface area contributed by atoms with Crippen LogP contribution < -0.4 is 16.1 Å². The zero-order valence-electron chi connectivity index (χ0n) is 16.6. The Kier molecular flexibility index (Phi) is 14.7. The fourth-order valence-corrected chi connectivity index (χ4v) is 3.19. The molecule has 3 N–H and O–H groups in total. The number of hydrogen-bond acceptors (Lipinski definition) is 4. The van der Waals surface area contributed by atoms with Crippen LogP contribution in [0.25, 0.3) is 0 Å². The average molecular weight is 401 g/mol. The molecule has 0 aromatic heterocycles. The third-order valence-corrected chi connectivity index (χ3v) is 4.86. The van der Waals surface area contributed by atoms with E-state index in [1.165, 1.54) is 25.7 Å². The van der Waals surface area contributed by atoms with Crippen LogP contribution in [-0.4, -0.2) is 29.2 Å². The molecule has 0 saturated carbocycles. The van der Waals surface area contributed by atoms with Crippen molar-refractivity contribution in [3.8, 4) is 0 Å². The van der Waals surface area contributed by atoms with Gasteiger partial charge in [0.05, 0.1) is 0 Å². The maximum absolute atomic E-state index is 11.5. The molecule has 156 valence electrons. The van der Waals surface area contributed by atoms with E-state index >= 15 is 0 Å². The van der Waals surface area contributed by atoms with Crippen LogP contribution in [0, 0.1) is 0 Å². The van der Waals surface area contributed by atoms with Crippen LogP contribution in [-0.2, 0) is 15.6 Å². The molecule has 1 heterocycles. The third kappa shape index (κ3) is 14.3. The zero-order valence-corrected chi connectivity index (χ0v) is 17.5. The molecule has 1 aliphatic heterocycles. The molecule has 0 aromatic carbocycles. The van der Waals surface area contributed by atoms with E-state index in [1.54, 1.807) is 0 Å². The predicted octanol–water partition coefficient (Wildman–Crippen LogP) is 4.05. The first-order chi connectivity index (χ1) is 13.2. The lowest BCUT2D eigenvalue weighted by Gasteiger charge is -2.06. The summed E-state index contributed by atoms with van der Waals surface area (Å²) >= 11 is -1.53. The van der Waals surface area contributed by atoms with Gasteiger partial charge in [0.1, 0.15) is 5.84 Å². The van der Waals surface area contributed by atoms with Crippen molar-refractivity contribution in [3.05, 3.63) is 12.2 Å². The van der Waals surface area contributed by atoms with E-state index < -0.39 is 11.3 Å². The monoisotopic (exact) mass is 400 g/mol. The number of allylic oxidation sites excluding steroid dienone is 2. The van der Waals surface area contributed by atoms with Gasteiger partial charge in [0.25, 0.3) is 0 Å². The van der Waals surface area contributed by atoms with Crippen LogP contribution in [0.3, 0.4) is 0 Å². The van der Waals surface area contributed by atoms with E-state index in [2.05, 4.69) is 43.9 Å². The highest BCUT2D eigenvalue weighted by Gasteiger charge is 2.11. The van der Waals surface area contributed by atoms with Crippen LogP contribution in [0.15, 0.2) is 16.5 Å². The maximum Gasteiger partial charge on any atom is 0.314 e. The summed E-state index contributed by atoms with van der Waals surface area (Å²) in [7, 11) is 0. The number of unbranched alkanes of at least 4 members (excludes halogenated alkanes) is 8. The highest BCUT2D eigenvalue weighted by Crippen LogP contribution is 2.09. The molecular formula is C19H36N4O3S. The van der Waals surface area contributed by atoms with E-state index in [1.807, 2.05) is 0 Å². The minimum atomic E-state index is -1.53. The summed E-state index contributed by atoms with van der Waals surface area (Å²) in [4.78, 5) is 11.5. The molecule has 0 spiro atoms. The molecule has 0 bridgehead atoms. The summed E-state index contributed by atoms with van der Waals surface area (Å²) in [5, 5.41) is 5.78. The molecular weight excluding hydrogens is 364 g/mol. The smallest absolute Gasteiger partial charge is 0.314 e.